The molecular formula is C20H19ClF3N3. The second-order valence-corrected chi connectivity index (χ2v) is 6.57. The van der Waals surface area contributed by atoms with Crippen LogP contribution in [0.15, 0.2) is 41.4 Å². The SMILES string of the molecule is CCN(C)C=Nc1cc(C)c(C(C#N)c2ccc(C(F)(F)F)cc2)cc1Cl. The van der Waals surface area contributed by atoms with Gasteiger partial charge in [0.05, 0.1) is 34.6 Å². The van der Waals surface area contributed by atoms with E-state index < -0.39 is 17.7 Å². The van der Waals surface area contributed by atoms with E-state index in [1.54, 1.807) is 18.5 Å². The van der Waals surface area contributed by atoms with Crippen LogP contribution in [-0.2, 0) is 6.18 Å². The van der Waals surface area contributed by atoms with Gasteiger partial charge in [0.25, 0.3) is 0 Å². The Balaban J connectivity index is 2.39. The van der Waals surface area contributed by atoms with Crippen molar-refractivity contribution in [3.05, 3.63) is 63.7 Å². The van der Waals surface area contributed by atoms with Crippen molar-refractivity contribution in [3.63, 3.8) is 0 Å². The fourth-order valence-electron chi connectivity index (χ4n) is 2.52. The maximum absolute atomic E-state index is 12.7. The van der Waals surface area contributed by atoms with Gasteiger partial charge in [-0.05, 0) is 54.8 Å². The molecule has 0 aliphatic carbocycles. The highest BCUT2D eigenvalue weighted by atomic mass is 35.5. The van der Waals surface area contributed by atoms with E-state index in [9.17, 15) is 18.4 Å². The molecule has 3 nitrogen and oxygen atoms in total. The summed E-state index contributed by atoms with van der Waals surface area (Å²) in [5.74, 6) is -0.721. The Kier molecular flexibility index (Phi) is 6.50. The lowest BCUT2D eigenvalue weighted by Crippen LogP contribution is -2.14. The topological polar surface area (TPSA) is 39.4 Å². The first-order chi connectivity index (χ1) is 12.7. The van der Waals surface area contributed by atoms with Gasteiger partial charge in [-0.15, -0.1) is 0 Å². The molecule has 0 N–H and O–H groups in total. The fraction of sp³-hybridized carbons (Fsp3) is 0.300. The quantitative estimate of drug-likeness (QED) is 0.466. The third kappa shape index (κ3) is 5.01. The lowest BCUT2D eigenvalue weighted by molar-refractivity contribution is -0.137. The Bertz CT molecular complexity index is 868. The number of hydrogen-bond acceptors (Lipinski definition) is 2. The zero-order valence-corrected chi connectivity index (χ0v) is 15.9. The Morgan fingerprint density at radius 3 is 2.41 bits per heavy atom. The molecule has 0 heterocycles. The number of aliphatic imine (C=N–C) groups is 1. The highest BCUT2D eigenvalue weighted by Crippen LogP contribution is 2.36. The van der Waals surface area contributed by atoms with E-state index >= 15 is 0 Å². The van der Waals surface area contributed by atoms with Crippen LogP contribution < -0.4 is 0 Å². The molecule has 2 aromatic carbocycles. The summed E-state index contributed by atoms with van der Waals surface area (Å²) in [6, 6.07) is 10.2. The molecule has 0 saturated heterocycles. The first-order valence-electron chi connectivity index (χ1n) is 8.28. The average Bonchev–Trinajstić information content (AvgIpc) is 2.63. The number of alkyl halides is 3. The summed E-state index contributed by atoms with van der Waals surface area (Å²) in [5.41, 5.74) is 1.73. The van der Waals surface area contributed by atoms with Crippen LogP contribution in [0.4, 0.5) is 18.9 Å². The molecule has 0 radical (unpaired) electrons. The second-order valence-electron chi connectivity index (χ2n) is 6.16. The average molecular weight is 394 g/mol. The maximum atomic E-state index is 12.7. The van der Waals surface area contributed by atoms with Gasteiger partial charge in [0.15, 0.2) is 0 Å². The molecule has 27 heavy (non-hydrogen) atoms. The van der Waals surface area contributed by atoms with E-state index in [-0.39, 0.29) is 0 Å². The van der Waals surface area contributed by atoms with Gasteiger partial charge in [0, 0.05) is 13.6 Å². The number of rotatable bonds is 5. The zero-order chi connectivity index (χ0) is 20.2. The molecule has 2 rings (SSSR count). The summed E-state index contributed by atoms with van der Waals surface area (Å²) in [6.07, 6.45) is -2.75. The number of hydrogen-bond donors (Lipinski definition) is 0. The van der Waals surface area contributed by atoms with Crippen LogP contribution in [0.2, 0.25) is 5.02 Å². The van der Waals surface area contributed by atoms with Crippen LogP contribution in [0.25, 0.3) is 0 Å². The van der Waals surface area contributed by atoms with Crippen molar-refractivity contribution < 1.29 is 13.2 Å². The second kappa shape index (κ2) is 8.45. The van der Waals surface area contributed by atoms with Crippen molar-refractivity contribution in [2.45, 2.75) is 25.9 Å². The van der Waals surface area contributed by atoms with Gasteiger partial charge >= 0.3 is 6.18 Å². The molecule has 0 bridgehead atoms. The van der Waals surface area contributed by atoms with E-state index in [4.69, 9.17) is 11.6 Å². The fourth-order valence-corrected chi connectivity index (χ4v) is 2.74. The molecule has 1 unspecified atom stereocenters. The van der Waals surface area contributed by atoms with Crippen LogP contribution >= 0.6 is 11.6 Å². The molecule has 0 fully saturated rings. The van der Waals surface area contributed by atoms with Crippen molar-refractivity contribution in [2.75, 3.05) is 13.6 Å². The van der Waals surface area contributed by atoms with Crippen molar-refractivity contribution >= 4 is 23.6 Å². The summed E-state index contributed by atoms with van der Waals surface area (Å²) >= 11 is 6.31. The van der Waals surface area contributed by atoms with Gasteiger partial charge < -0.3 is 4.90 Å². The smallest absolute Gasteiger partial charge is 0.366 e. The molecule has 0 aliphatic heterocycles. The zero-order valence-electron chi connectivity index (χ0n) is 15.2. The van der Waals surface area contributed by atoms with Crippen LogP contribution in [0.5, 0.6) is 0 Å². The molecule has 0 saturated carbocycles. The van der Waals surface area contributed by atoms with E-state index in [1.165, 1.54) is 12.1 Å². The molecule has 0 spiro atoms. The number of halogens is 4. The number of benzene rings is 2. The van der Waals surface area contributed by atoms with E-state index in [2.05, 4.69) is 11.1 Å². The minimum absolute atomic E-state index is 0.378. The first-order valence-corrected chi connectivity index (χ1v) is 8.66. The van der Waals surface area contributed by atoms with Gasteiger partial charge in [-0.25, -0.2) is 4.99 Å². The van der Waals surface area contributed by atoms with Gasteiger partial charge in [0.2, 0.25) is 0 Å². The number of nitrogens with zero attached hydrogens (tertiary/aromatic N) is 3. The number of nitriles is 1. The van der Waals surface area contributed by atoms with Crippen LogP contribution in [-0.4, -0.2) is 24.8 Å². The third-order valence-electron chi connectivity index (χ3n) is 4.24. The molecule has 0 amide bonds. The highest BCUT2D eigenvalue weighted by Gasteiger charge is 2.30. The largest absolute Gasteiger partial charge is 0.416 e. The van der Waals surface area contributed by atoms with Crippen molar-refractivity contribution in [3.8, 4) is 6.07 Å². The van der Waals surface area contributed by atoms with Crippen LogP contribution in [0, 0.1) is 18.3 Å². The minimum Gasteiger partial charge on any atom is -0.366 e. The predicted molar refractivity (Wildman–Crippen MR) is 102 cm³/mol. The number of aryl methyl sites for hydroxylation is 1. The predicted octanol–water partition coefficient (Wildman–Crippen LogP) is 5.93. The Labute approximate surface area is 161 Å². The molecule has 0 aromatic heterocycles. The normalized spacial score (nSPS) is 12.8. The molecular weight excluding hydrogens is 375 g/mol. The third-order valence-corrected chi connectivity index (χ3v) is 4.54. The minimum atomic E-state index is -4.41. The molecule has 0 aliphatic rings. The van der Waals surface area contributed by atoms with Crippen molar-refractivity contribution in [1.82, 2.24) is 4.90 Å². The van der Waals surface area contributed by atoms with Gasteiger partial charge in [0.1, 0.15) is 0 Å². The van der Waals surface area contributed by atoms with E-state index in [0.29, 0.717) is 21.8 Å². The van der Waals surface area contributed by atoms with Gasteiger partial charge in [-0.2, -0.15) is 18.4 Å². The lowest BCUT2D eigenvalue weighted by atomic mass is 9.89. The van der Waals surface area contributed by atoms with Crippen LogP contribution in [0.3, 0.4) is 0 Å². The highest BCUT2D eigenvalue weighted by molar-refractivity contribution is 6.33. The summed E-state index contributed by atoms with van der Waals surface area (Å²) < 4.78 is 38.2. The Morgan fingerprint density at radius 2 is 1.89 bits per heavy atom. The van der Waals surface area contributed by atoms with E-state index in [1.807, 2.05) is 25.8 Å². The molecule has 7 heteroatoms. The van der Waals surface area contributed by atoms with Gasteiger partial charge in [-0.3, -0.25) is 0 Å². The molecule has 142 valence electrons. The van der Waals surface area contributed by atoms with Crippen molar-refractivity contribution in [1.29, 1.82) is 5.26 Å². The lowest BCUT2D eigenvalue weighted by Gasteiger charge is -2.16. The summed E-state index contributed by atoms with van der Waals surface area (Å²) in [7, 11) is 1.88. The maximum Gasteiger partial charge on any atom is 0.416 e. The first kappa shape index (κ1) is 20.8. The standard InChI is InChI=1S/C20H19ClF3N3/c1-4-27(3)12-26-19-9-13(2)16(10-18(19)21)17(11-25)14-5-7-15(8-6-14)20(22,23)24/h5-10,12,17H,4H2,1-3H3. The molecule has 2 aromatic rings. The van der Waals surface area contributed by atoms with Crippen LogP contribution in [0.1, 0.15) is 35.1 Å². The molecule has 1 atom stereocenters. The Morgan fingerprint density at radius 1 is 1.26 bits per heavy atom. The monoisotopic (exact) mass is 393 g/mol. The van der Waals surface area contributed by atoms with E-state index in [0.717, 1.165) is 24.2 Å². The van der Waals surface area contributed by atoms with Gasteiger partial charge in [-0.1, -0.05) is 23.7 Å². The summed E-state index contributed by atoms with van der Waals surface area (Å²) in [6.45, 7) is 4.61. The van der Waals surface area contributed by atoms with Crippen molar-refractivity contribution in [2.24, 2.45) is 4.99 Å². The Hall–Kier alpha value is -2.52. The summed E-state index contributed by atoms with van der Waals surface area (Å²) in [5, 5.41) is 9.98. The summed E-state index contributed by atoms with van der Waals surface area (Å²) in [4.78, 5) is 6.22.